The number of rotatable bonds is 11. The first-order valence-corrected chi connectivity index (χ1v) is 11.2. The van der Waals surface area contributed by atoms with E-state index in [-0.39, 0.29) is 0 Å². The number of nitrogens with one attached hydrogen (secondary N) is 1. The molecule has 158 valence electrons. The second kappa shape index (κ2) is 11.4. The Balaban J connectivity index is 1.65. The lowest BCUT2D eigenvalue weighted by Crippen LogP contribution is -2.01. The van der Waals surface area contributed by atoms with Gasteiger partial charge in [-0.1, -0.05) is 50.1 Å². The van der Waals surface area contributed by atoms with Gasteiger partial charge in [0.2, 0.25) is 5.13 Å². The van der Waals surface area contributed by atoms with Gasteiger partial charge in [-0.3, -0.25) is 5.43 Å². The molecule has 2 aromatic carbocycles. The van der Waals surface area contributed by atoms with Gasteiger partial charge >= 0.3 is 0 Å². The van der Waals surface area contributed by atoms with E-state index in [1.54, 1.807) is 17.6 Å². The summed E-state index contributed by atoms with van der Waals surface area (Å²) in [5.74, 6) is 1.52. The van der Waals surface area contributed by atoms with Crippen molar-refractivity contribution in [2.75, 3.05) is 18.6 Å². The maximum atomic E-state index is 5.89. The zero-order valence-corrected chi connectivity index (χ0v) is 18.7. The largest absolute Gasteiger partial charge is 0.490 e. The second-order valence-corrected chi connectivity index (χ2v) is 8.06. The SMILES string of the molecule is CCCCCOc1ccc(/C=N/Nc2nc(-c3ccccc3)c(C)s2)cc1OCC. The molecule has 0 aliphatic rings. The lowest BCUT2D eigenvalue weighted by Gasteiger charge is -2.12. The van der Waals surface area contributed by atoms with Gasteiger partial charge in [0.05, 0.1) is 25.1 Å². The monoisotopic (exact) mass is 423 g/mol. The maximum Gasteiger partial charge on any atom is 0.204 e. The van der Waals surface area contributed by atoms with E-state index in [4.69, 9.17) is 9.47 Å². The van der Waals surface area contributed by atoms with Crippen LogP contribution in [0.4, 0.5) is 5.13 Å². The highest BCUT2D eigenvalue weighted by atomic mass is 32.1. The standard InChI is InChI=1S/C24H29N3O2S/c1-4-6-10-15-29-21-14-13-19(16-22(21)28-5-2)17-25-27-24-26-23(18(3)30-24)20-11-8-7-9-12-20/h7-9,11-14,16-17H,4-6,10,15H2,1-3H3,(H,26,27)/b25-17+. The molecular formula is C24H29N3O2S. The van der Waals surface area contributed by atoms with Gasteiger partial charge in [-0.05, 0) is 44.0 Å². The molecule has 1 N–H and O–H groups in total. The first kappa shape index (κ1) is 21.8. The number of aromatic nitrogens is 1. The number of anilines is 1. The number of hydrazone groups is 1. The molecule has 0 amide bonds. The van der Waals surface area contributed by atoms with Crippen molar-refractivity contribution in [3.8, 4) is 22.8 Å². The molecule has 0 radical (unpaired) electrons. The van der Waals surface area contributed by atoms with E-state index in [1.807, 2.05) is 43.3 Å². The zero-order chi connectivity index (χ0) is 21.2. The molecule has 0 aliphatic heterocycles. The fourth-order valence-electron chi connectivity index (χ4n) is 3.00. The zero-order valence-electron chi connectivity index (χ0n) is 17.9. The summed E-state index contributed by atoms with van der Waals surface area (Å²) in [6.45, 7) is 7.52. The molecule has 6 heteroatoms. The smallest absolute Gasteiger partial charge is 0.204 e. The van der Waals surface area contributed by atoms with Gasteiger partial charge in [-0.2, -0.15) is 5.10 Å². The van der Waals surface area contributed by atoms with E-state index < -0.39 is 0 Å². The average molecular weight is 424 g/mol. The van der Waals surface area contributed by atoms with Crippen LogP contribution in [-0.4, -0.2) is 24.4 Å². The van der Waals surface area contributed by atoms with Crippen molar-refractivity contribution in [1.29, 1.82) is 0 Å². The molecule has 3 aromatic rings. The molecule has 0 saturated heterocycles. The van der Waals surface area contributed by atoms with Gasteiger partial charge in [0.1, 0.15) is 0 Å². The van der Waals surface area contributed by atoms with Crippen LogP contribution in [0.3, 0.4) is 0 Å². The molecule has 0 bridgehead atoms. The Hall–Kier alpha value is -2.86. The Bertz CT molecular complexity index is 954. The molecule has 0 unspecified atom stereocenters. The van der Waals surface area contributed by atoms with Crippen molar-refractivity contribution in [3.05, 3.63) is 59.0 Å². The summed E-state index contributed by atoms with van der Waals surface area (Å²) in [5.41, 5.74) is 6.07. The quantitative estimate of drug-likeness (QED) is 0.216. The highest BCUT2D eigenvalue weighted by Gasteiger charge is 2.09. The summed E-state index contributed by atoms with van der Waals surface area (Å²) < 4.78 is 11.6. The van der Waals surface area contributed by atoms with Crippen LogP contribution in [-0.2, 0) is 0 Å². The van der Waals surface area contributed by atoms with Gasteiger partial charge < -0.3 is 9.47 Å². The third kappa shape index (κ3) is 6.07. The molecule has 5 nitrogen and oxygen atoms in total. The molecule has 1 heterocycles. The molecule has 0 spiro atoms. The van der Waals surface area contributed by atoms with Gasteiger partial charge in [0.15, 0.2) is 11.5 Å². The van der Waals surface area contributed by atoms with E-state index in [2.05, 4.69) is 41.5 Å². The van der Waals surface area contributed by atoms with Crippen LogP contribution in [0.2, 0.25) is 0 Å². The summed E-state index contributed by atoms with van der Waals surface area (Å²) in [4.78, 5) is 5.82. The first-order valence-electron chi connectivity index (χ1n) is 10.4. The van der Waals surface area contributed by atoms with Gasteiger partial charge in [-0.15, -0.1) is 11.3 Å². The third-order valence-electron chi connectivity index (χ3n) is 4.49. The Morgan fingerprint density at radius 2 is 1.87 bits per heavy atom. The van der Waals surface area contributed by atoms with Crippen LogP contribution < -0.4 is 14.9 Å². The van der Waals surface area contributed by atoms with E-state index in [0.717, 1.165) is 44.7 Å². The number of ether oxygens (including phenoxy) is 2. The highest BCUT2D eigenvalue weighted by molar-refractivity contribution is 7.15. The minimum absolute atomic E-state index is 0.588. The number of unbranched alkanes of at least 4 members (excludes halogenated alkanes) is 2. The number of hydrogen-bond acceptors (Lipinski definition) is 6. The lowest BCUT2D eigenvalue weighted by atomic mass is 10.1. The van der Waals surface area contributed by atoms with E-state index in [0.29, 0.717) is 13.2 Å². The number of aryl methyl sites for hydroxylation is 1. The van der Waals surface area contributed by atoms with Crippen molar-refractivity contribution in [1.82, 2.24) is 4.98 Å². The minimum Gasteiger partial charge on any atom is -0.490 e. The van der Waals surface area contributed by atoms with Crippen LogP contribution in [0.1, 0.15) is 43.6 Å². The van der Waals surface area contributed by atoms with E-state index in [9.17, 15) is 0 Å². The fraction of sp³-hybridized carbons (Fsp3) is 0.333. The van der Waals surface area contributed by atoms with Crippen LogP contribution in [0.25, 0.3) is 11.3 Å². The number of hydrogen-bond donors (Lipinski definition) is 1. The van der Waals surface area contributed by atoms with Gasteiger partial charge in [-0.25, -0.2) is 4.98 Å². The summed E-state index contributed by atoms with van der Waals surface area (Å²) >= 11 is 1.59. The van der Waals surface area contributed by atoms with Crippen molar-refractivity contribution in [3.63, 3.8) is 0 Å². The van der Waals surface area contributed by atoms with Crippen LogP contribution >= 0.6 is 11.3 Å². The Kier molecular flexibility index (Phi) is 8.27. The van der Waals surface area contributed by atoms with Gasteiger partial charge in [0, 0.05) is 10.4 Å². The lowest BCUT2D eigenvalue weighted by molar-refractivity contribution is 0.271. The first-order chi connectivity index (χ1) is 14.7. The second-order valence-electron chi connectivity index (χ2n) is 6.85. The Morgan fingerprint density at radius 1 is 1.03 bits per heavy atom. The predicted molar refractivity (Wildman–Crippen MR) is 126 cm³/mol. The summed E-state index contributed by atoms with van der Waals surface area (Å²) in [5, 5.41) is 5.12. The molecule has 0 saturated carbocycles. The molecule has 3 rings (SSSR count). The Morgan fingerprint density at radius 3 is 2.63 bits per heavy atom. The van der Waals surface area contributed by atoms with Crippen molar-refractivity contribution >= 4 is 22.7 Å². The molecule has 30 heavy (non-hydrogen) atoms. The molecule has 1 aromatic heterocycles. The van der Waals surface area contributed by atoms with E-state index in [1.165, 1.54) is 12.8 Å². The molecule has 0 atom stereocenters. The summed E-state index contributed by atoms with van der Waals surface area (Å²) in [7, 11) is 0. The highest BCUT2D eigenvalue weighted by Crippen LogP contribution is 2.30. The van der Waals surface area contributed by atoms with Crippen LogP contribution in [0.15, 0.2) is 53.6 Å². The normalized spacial score (nSPS) is 11.0. The van der Waals surface area contributed by atoms with Crippen molar-refractivity contribution < 1.29 is 9.47 Å². The number of benzene rings is 2. The number of thiazole rings is 1. The van der Waals surface area contributed by atoms with E-state index >= 15 is 0 Å². The molecule has 0 fully saturated rings. The minimum atomic E-state index is 0.588. The average Bonchev–Trinajstić information content (AvgIpc) is 3.13. The predicted octanol–water partition coefficient (Wildman–Crippen LogP) is 6.53. The van der Waals surface area contributed by atoms with Crippen LogP contribution in [0.5, 0.6) is 11.5 Å². The summed E-state index contributed by atoms with van der Waals surface area (Å²) in [6.07, 6.45) is 5.16. The third-order valence-corrected chi connectivity index (χ3v) is 5.37. The number of nitrogens with zero attached hydrogens (tertiary/aromatic N) is 2. The van der Waals surface area contributed by atoms with Crippen molar-refractivity contribution in [2.24, 2.45) is 5.10 Å². The summed E-state index contributed by atoms with van der Waals surface area (Å²) in [6, 6.07) is 16.1. The van der Waals surface area contributed by atoms with Crippen LogP contribution in [0, 0.1) is 6.92 Å². The van der Waals surface area contributed by atoms with Gasteiger partial charge in [0.25, 0.3) is 0 Å². The van der Waals surface area contributed by atoms with Crippen molar-refractivity contribution in [2.45, 2.75) is 40.0 Å². The Labute approximate surface area is 182 Å². The topological polar surface area (TPSA) is 55.7 Å². The molecular weight excluding hydrogens is 394 g/mol. The molecule has 0 aliphatic carbocycles. The fourth-order valence-corrected chi connectivity index (χ4v) is 3.78. The maximum absolute atomic E-state index is 5.89.